The number of aryl methyl sites for hydroxylation is 2. The number of hydrogen-bond acceptors (Lipinski definition) is 6. The van der Waals surface area contributed by atoms with Crippen molar-refractivity contribution in [1.29, 1.82) is 0 Å². The van der Waals surface area contributed by atoms with Gasteiger partial charge in [0.15, 0.2) is 0 Å². The van der Waals surface area contributed by atoms with Gasteiger partial charge >= 0.3 is 0 Å². The summed E-state index contributed by atoms with van der Waals surface area (Å²) in [7, 11) is 1.61. The van der Waals surface area contributed by atoms with Crippen LogP contribution in [0.25, 0.3) is 11.9 Å². The number of methoxy groups -OCH3 is 1. The number of amides is 1. The summed E-state index contributed by atoms with van der Waals surface area (Å²) in [6.07, 6.45) is 4.96. The minimum Gasteiger partial charge on any atom is -0.497 e. The standard InChI is InChI=1S/C26H25N5O3/c1-17-18(2)31(16-27-17)24-15-26(29-19(3)28-24)34-23-12-8-21(9-13-23)30-25(32)14-7-20-5-10-22(33-4)11-6-20/h5-16H,1-4H3,(H,30,32)/b14-7+. The Hall–Kier alpha value is -4.46. The average molecular weight is 456 g/mol. The lowest BCUT2D eigenvalue weighted by molar-refractivity contribution is -0.111. The predicted molar refractivity (Wildman–Crippen MR) is 131 cm³/mol. The van der Waals surface area contributed by atoms with Gasteiger partial charge in [-0.15, -0.1) is 0 Å². The Morgan fingerprint density at radius 1 is 0.971 bits per heavy atom. The van der Waals surface area contributed by atoms with Gasteiger partial charge in [-0.2, -0.15) is 4.98 Å². The van der Waals surface area contributed by atoms with Gasteiger partial charge in [-0.25, -0.2) is 9.97 Å². The summed E-state index contributed by atoms with van der Waals surface area (Å²) < 4.78 is 13.0. The van der Waals surface area contributed by atoms with E-state index < -0.39 is 0 Å². The molecule has 4 rings (SSSR count). The quantitative estimate of drug-likeness (QED) is 0.393. The van der Waals surface area contributed by atoms with Gasteiger partial charge in [0.05, 0.1) is 12.8 Å². The van der Waals surface area contributed by atoms with Crippen molar-refractivity contribution in [2.24, 2.45) is 0 Å². The summed E-state index contributed by atoms with van der Waals surface area (Å²) in [5, 5.41) is 2.83. The molecule has 0 aliphatic heterocycles. The predicted octanol–water partition coefficient (Wildman–Crippen LogP) is 5.04. The minimum atomic E-state index is -0.230. The van der Waals surface area contributed by atoms with Gasteiger partial charge in [-0.3, -0.25) is 9.36 Å². The molecule has 2 heterocycles. The Labute approximate surface area is 197 Å². The van der Waals surface area contributed by atoms with Crippen LogP contribution in [0, 0.1) is 20.8 Å². The smallest absolute Gasteiger partial charge is 0.248 e. The summed E-state index contributed by atoms with van der Waals surface area (Å²) >= 11 is 0. The van der Waals surface area contributed by atoms with Crippen LogP contribution in [-0.2, 0) is 4.79 Å². The van der Waals surface area contributed by atoms with E-state index in [0.29, 0.717) is 29.0 Å². The van der Waals surface area contributed by atoms with E-state index in [0.717, 1.165) is 22.7 Å². The van der Waals surface area contributed by atoms with Crippen LogP contribution < -0.4 is 14.8 Å². The molecule has 8 nitrogen and oxygen atoms in total. The van der Waals surface area contributed by atoms with Crippen LogP contribution in [0.1, 0.15) is 22.8 Å². The molecule has 172 valence electrons. The van der Waals surface area contributed by atoms with E-state index in [-0.39, 0.29) is 5.91 Å². The SMILES string of the molecule is COc1ccc(/C=C/C(=O)Nc2ccc(Oc3cc(-n4cnc(C)c4C)nc(C)n3)cc2)cc1. The number of nitrogens with one attached hydrogen (secondary N) is 1. The Balaban J connectivity index is 1.40. The first-order chi connectivity index (χ1) is 16.4. The van der Waals surface area contributed by atoms with Crippen molar-refractivity contribution in [2.45, 2.75) is 20.8 Å². The zero-order valence-corrected chi connectivity index (χ0v) is 19.4. The number of imidazole rings is 1. The molecule has 4 aromatic rings. The first kappa shape index (κ1) is 22.7. The second-order valence-corrected chi connectivity index (χ2v) is 7.62. The molecule has 0 saturated carbocycles. The first-order valence-electron chi connectivity index (χ1n) is 10.7. The monoisotopic (exact) mass is 455 g/mol. The molecular formula is C26H25N5O3. The molecular weight excluding hydrogens is 430 g/mol. The van der Waals surface area contributed by atoms with Crippen molar-refractivity contribution in [3.8, 4) is 23.2 Å². The number of anilines is 1. The highest BCUT2D eigenvalue weighted by atomic mass is 16.5. The molecule has 0 spiro atoms. The molecule has 0 saturated heterocycles. The zero-order valence-electron chi connectivity index (χ0n) is 19.4. The minimum absolute atomic E-state index is 0.230. The largest absolute Gasteiger partial charge is 0.497 e. The van der Waals surface area contributed by atoms with Gasteiger partial charge in [0.1, 0.15) is 29.5 Å². The van der Waals surface area contributed by atoms with E-state index in [9.17, 15) is 4.79 Å². The number of ether oxygens (including phenoxy) is 2. The van der Waals surface area contributed by atoms with E-state index in [4.69, 9.17) is 9.47 Å². The van der Waals surface area contributed by atoms with Crippen LogP contribution in [0.3, 0.4) is 0 Å². The van der Waals surface area contributed by atoms with E-state index >= 15 is 0 Å². The molecule has 0 aliphatic rings. The number of carbonyl (C=O) groups is 1. The number of carbonyl (C=O) groups excluding carboxylic acids is 1. The molecule has 0 fully saturated rings. The Morgan fingerprint density at radius 3 is 2.32 bits per heavy atom. The topological polar surface area (TPSA) is 91.2 Å². The maximum absolute atomic E-state index is 12.2. The maximum atomic E-state index is 12.2. The Kier molecular flexibility index (Phi) is 6.68. The van der Waals surface area contributed by atoms with Crippen LogP contribution in [0.2, 0.25) is 0 Å². The molecule has 34 heavy (non-hydrogen) atoms. The lowest BCUT2D eigenvalue weighted by atomic mass is 10.2. The molecule has 1 N–H and O–H groups in total. The highest BCUT2D eigenvalue weighted by molar-refractivity contribution is 6.01. The molecule has 2 aromatic carbocycles. The fourth-order valence-electron chi connectivity index (χ4n) is 3.23. The summed E-state index contributed by atoms with van der Waals surface area (Å²) in [4.78, 5) is 25.4. The number of benzene rings is 2. The number of hydrogen-bond donors (Lipinski definition) is 1. The number of aromatic nitrogens is 4. The van der Waals surface area contributed by atoms with E-state index in [1.54, 1.807) is 49.8 Å². The summed E-state index contributed by atoms with van der Waals surface area (Å²) in [6.45, 7) is 5.75. The molecule has 0 aliphatic carbocycles. The van der Waals surface area contributed by atoms with Crippen molar-refractivity contribution < 1.29 is 14.3 Å². The highest BCUT2D eigenvalue weighted by Crippen LogP contribution is 2.24. The third-order valence-corrected chi connectivity index (χ3v) is 5.19. The molecule has 1 amide bonds. The van der Waals surface area contributed by atoms with Crippen LogP contribution >= 0.6 is 0 Å². The van der Waals surface area contributed by atoms with Crippen molar-refractivity contribution >= 4 is 17.7 Å². The fourth-order valence-corrected chi connectivity index (χ4v) is 3.23. The van der Waals surface area contributed by atoms with Gasteiger partial charge in [0.2, 0.25) is 11.8 Å². The van der Waals surface area contributed by atoms with E-state index in [2.05, 4.69) is 20.3 Å². The second-order valence-electron chi connectivity index (χ2n) is 7.62. The summed E-state index contributed by atoms with van der Waals surface area (Å²) in [5.41, 5.74) is 3.50. The van der Waals surface area contributed by atoms with Gasteiger partial charge < -0.3 is 14.8 Å². The van der Waals surface area contributed by atoms with E-state index in [1.807, 2.05) is 49.6 Å². The molecule has 2 aromatic heterocycles. The first-order valence-corrected chi connectivity index (χ1v) is 10.7. The highest BCUT2D eigenvalue weighted by Gasteiger charge is 2.10. The number of nitrogens with zero attached hydrogens (tertiary/aromatic N) is 4. The lowest BCUT2D eigenvalue weighted by Gasteiger charge is -2.10. The van der Waals surface area contributed by atoms with Gasteiger partial charge in [-0.05, 0) is 68.8 Å². The van der Waals surface area contributed by atoms with Gasteiger partial charge in [-0.1, -0.05) is 12.1 Å². The fraction of sp³-hybridized carbons (Fsp3) is 0.154. The lowest BCUT2D eigenvalue weighted by Crippen LogP contribution is -2.07. The summed E-state index contributed by atoms with van der Waals surface area (Å²) in [6, 6.07) is 16.3. The Bertz CT molecular complexity index is 1330. The average Bonchev–Trinajstić information content (AvgIpc) is 3.17. The Morgan fingerprint density at radius 2 is 1.68 bits per heavy atom. The molecule has 0 atom stereocenters. The van der Waals surface area contributed by atoms with Crippen LogP contribution in [0.4, 0.5) is 5.69 Å². The number of rotatable bonds is 7. The van der Waals surface area contributed by atoms with Crippen LogP contribution in [0.15, 0.2) is 67.0 Å². The molecule has 0 bridgehead atoms. The second kappa shape index (κ2) is 9.99. The van der Waals surface area contributed by atoms with Crippen molar-refractivity contribution in [3.63, 3.8) is 0 Å². The van der Waals surface area contributed by atoms with Crippen LogP contribution in [0.5, 0.6) is 17.4 Å². The summed E-state index contributed by atoms with van der Waals surface area (Å²) in [5.74, 6) is 2.83. The van der Waals surface area contributed by atoms with Gasteiger partial charge in [0, 0.05) is 23.5 Å². The molecule has 0 radical (unpaired) electrons. The van der Waals surface area contributed by atoms with Crippen molar-refractivity contribution in [2.75, 3.05) is 12.4 Å². The third-order valence-electron chi connectivity index (χ3n) is 5.19. The van der Waals surface area contributed by atoms with Crippen molar-refractivity contribution in [3.05, 3.63) is 89.8 Å². The third kappa shape index (κ3) is 5.47. The van der Waals surface area contributed by atoms with Crippen LogP contribution in [-0.4, -0.2) is 32.5 Å². The molecule has 0 unspecified atom stereocenters. The van der Waals surface area contributed by atoms with Gasteiger partial charge in [0.25, 0.3) is 0 Å². The maximum Gasteiger partial charge on any atom is 0.248 e. The normalized spacial score (nSPS) is 10.9. The van der Waals surface area contributed by atoms with E-state index in [1.165, 1.54) is 6.08 Å². The zero-order chi connectivity index (χ0) is 24.1. The molecule has 8 heteroatoms. The van der Waals surface area contributed by atoms with Crippen molar-refractivity contribution in [1.82, 2.24) is 19.5 Å².